The number of hydrogen-bond acceptors (Lipinski definition) is 3. The average Bonchev–Trinajstić information content (AvgIpc) is 2.37. The van der Waals surface area contributed by atoms with E-state index in [1.807, 2.05) is 20.8 Å². The number of aliphatic hydroxyl groups is 1. The van der Waals surface area contributed by atoms with Crippen LogP contribution in [0, 0.1) is 5.41 Å². The average molecular weight is 303 g/mol. The molecule has 0 saturated carbocycles. The summed E-state index contributed by atoms with van der Waals surface area (Å²) in [5, 5.41) is 12.3. The van der Waals surface area contributed by atoms with Gasteiger partial charge in [-0.3, -0.25) is 4.79 Å². The number of allylic oxidation sites excluding steroid dienone is 1. The van der Waals surface area contributed by atoms with Gasteiger partial charge in [-0.25, -0.2) is 4.79 Å². The van der Waals surface area contributed by atoms with E-state index in [4.69, 9.17) is 5.73 Å². The first kappa shape index (κ1) is 17.4. The van der Waals surface area contributed by atoms with Crippen LogP contribution in [0.5, 0.6) is 0 Å². The second-order valence-corrected chi connectivity index (χ2v) is 5.88. The van der Waals surface area contributed by atoms with E-state index in [1.54, 1.807) is 24.3 Å². The molecule has 22 heavy (non-hydrogen) atoms. The molecule has 118 valence electrons. The van der Waals surface area contributed by atoms with Gasteiger partial charge in [-0.05, 0) is 31.2 Å². The number of nitrogens with two attached hydrogens (primary N) is 1. The number of ketones is 1. The van der Waals surface area contributed by atoms with Gasteiger partial charge in [0.15, 0.2) is 5.78 Å². The number of aliphatic imine (C=N–C) groups is 1. The Morgan fingerprint density at radius 1 is 1.23 bits per heavy atom. The maximum Gasteiger partial charge on any atom is 0.347 e. The Bertz CT molecular complexity index is 623. The lowest BCUT2D eigenvalue weighted by atomic mass is 9.93. The molecule has 0 spiro atoms. The number of Topliss-reactive ketones (excluding diaryl/α,β-unsaturated/α-hetero) is 1. The van der Waals surface area contributed by atoms with Gasteiger partial charge in [-0.1, -0.05) is 20.8 Å². The van der Waals surface area contributed by atoms with Gasteiger partial charge in [0.1, 0.15) is 11.6 Å². The van der Waals surface area contributed by atoms with Crippen molar-refractivity contribution in [3.05, 3.63) is 41.7 Å². The summed E-state index contributed by atoms with van der Waals surface area (Å²) in [6.07, 6.45) is 1.25. The lowest BCUT2D eigenvalue weighted by Crippen LogP contribution is -2.18. The van der Waals surface area contributed by atoms with Gasteiger partial charge in [0.05, 0.1) is 0 Å². The van der Waals surface area contributed by atoms with E-state index >= 15 is 0 Å². The SMILES string of the molecule is CC(=O)c1ccc(NC(=O)/N=C(N)\C=C(/O)C(C)(C)C)cc1. The van der Waals surface area contributed by atoms with Crippen molar-refractivity contribution in [2.24, 2.45) is 16.1 Å². The predicted octanol–water partition coefficient (Wildman–Crippen LogP) is 3.27. The summed E-state index contributed by atoms with van der Waals surface area (Å²) in [5.41, 5.74) is 6.18. The number of nitrogens with one attached hydrogen (secondary N) is 1. The highest BCUT2D eigenvalue weighted by Gasteiger charge is 2.16. The third kappa shape index (κ3) is 5.40. The summed E-state index contributed by atoms with van der Waals surface area (Å²) in [4.78, 5) is 26.5. The van der Waals surface area contributed by atoms with Gasteiger partial charge >= 0.3 is 6.03 Å². The number of rotatable bonds is 3. The molecule has 0 fully saturated rings. The molecular weight excluding hydrogens is 282 g/mol. The Labute approximate surface area is 129 Å². The third-order valence-corrected chi connectivity index (χ3v) is 2.83. The van der Waals surface area contributed by atoms with E-state index in [1.165, 1.54) is 13.0 Å². The number of amides is 2. The third-order valence-electron chi connectivity index (χ3n) is 2.83. The summed E-state index contributed by atoms with van der Waals surface area (Å²) in [5.74, 6) is -0.111. The van der Waals surface area contributed by atoms with E-state index < -0.39 is 11.4 Å². The smallest absolute Gasteiger partial charge is 0.347 e. The quantitative estimate of drug-likeness (QED) is 0.345. The summed E-state index contributed by atoms with van der Waals surface area (Å²) in [6.45, 7) is 6.89. The largest absolute Gasteiger partial charge is 0.512 e. The molecule has 1 aromatic rings. The van der Waals surface area contributed by atoms with Crippen LogP contribution in [0.1, 0.15) is 38.1 Å². The van der Waals surface area contributed by atoms with Gasteiger partial charge in [-0.15, -0.1) is 0 Å². The Kier molecular flexibility index (Phi) is 5.45. The summed E-state index contributed by atoms with van der Waals surface area (Å²) in [7, 11) is 0. The monoisotopic (exact) mass is 303 g/mol. The summed E-state index contributed by atoms with van der Waals surface area (Å²) in [6, 6.07) is 5.75. The van der Waals surface area contributed by atoms with Crippen molar-refractivity contribution in [2.45, 2.75) is 27.7 Å². The molecule has 0 atom stereocenters. The molecule has 0 aliphatic carbocycles. The number of amidine groups is 1. The first-order valence-electron chi connectivity index (χ1n) is 6.77. The van der Waals surface area contributed by atoms with E-state index in [-0.39, 0.29) is 17.4 Å². The molecule has 0 aromatic heterocycles. The highest BCUT2D eigenvalue weighted by atomic mass is 16.3. The molecule has 2 amide bonds. The maximum absolute atomic E-state index is 11.7. The van der Waals surface area contributed by atoms with Crippen LogP contribution in [0.15, 0.2) is 41.1 Å². The minimum absolute atomic E-state index is 0.0346. The summed E-state index contributed by atoms with van der Waals surface area (Å²) < 4.78 is 0. The minimum Gasteiger partial charge on any atom is -0.512 e. The fourth-order valence-electron chi connectivity index (χ4n) is 1.45. The van der Waals surface area contributed by atoms with Crippen molar-refractivity contribution in [2.75, 3.05) is 5.32 Å². The number of carbonyl (C=O) groups excluding carboxylic acids is 2. The van der Waals surface area contributed by atoms with Crippen LogP contribution in [0.3, 0.4) is 0 Å². The molecule has 6 nitrogen and oxygen atoms in total. The number of benzene rings is 1. The zero-order valence-electron chi connectivity index (χ0n) is 13.2. The highest BCUT2D eigenvalue weighted by Crippen LogP contribution is 2.21. The van der Waals surface area contributed by atoms with Crippen molar-refractivity contribution in [3.8, 4) is 0 Å². The Balaban J connectivity index is 2.77. The first-order chi connectivity index (χ1) is 10.1. The lowest BCUT2D eigenvalue weighted by molar-refractivity contribution is 0.101. The number of carbonyl (C=O) groups is 2. The van der Waals surface area contributed by atoms with Gasteiger partial charge in [0, 0.05) is 22.7 Å². The fraction of sp³-hybridized carbons (Fsp3) is 0.312. The molecule has 4 N–H and O–H groups in total. The van der Waals surface area contributed by atoms with E-state index in [0.717, 1.165) is 0 Å². The molecule has 0 aliphatic heterocycles. The second kappa shape index (κ2) is 6.89. The lowest BCUT2D eigenvalue weighted by Gasteiger charge is -2.16. The van der Waals surface area contributed by atoms with Gasteiger partial charge < -0.3 is 16.2 Å². The molecular formula is C16H21N3O3. The first-order valence-corrected chi connectivity index (χ1v) is 6.77. The van der Waals surface area contributed by atoms with Crippen LogP contribution in [-0.4, -0.2) is 22.8 Å². The van der Waals surface area contributed by atoms with Crippen molar-refractivity contribution in [3.63, 3.8) is 0 Å². The van der Waals surface area contributed by atoms with Crippen molar-refractivity contribution < 1.29 is 14.7 Å². The maximum atomic E-state index is 11.7. The zero-order chi connectivity index (χ0) is 16.9. The Hall–Kier alpha value is -2.63. The van der Waals surface area contributed by atoms with E-state index in [0.29, 0.717) is 11.3 Å². The van der Waals surface area contributed by atoms with Crippen LogP contribution in [0.2, 0.25) is 0 Å². The fourth-order valence-corrected chi connectivity index (χ4v) is 1.45. The molecule has 0 unspecified atom stereocenters. The van der Waals surface area contributed by atoms with Crippen LogP contribution in [0.25, 0.3) is 0 Å². The highest BCUT2D eigenvalue weighted by molar-refractivity contribution is 6.04. The Morgan fingerprint density at radius 2 is 1.77 bits per heavy atom. The van der Waals surface area contributed by atoms with Gasteiger partial charge in [0.25, 0.3) is 0 Å². The van der Waals surface area contributed by atoms with Crippen molar-refractivity contribution in [1.29, 1.82) is 0 Å². The second-order valence-electron chi connectivity index (χ2n) is 5.88. The van der Waals surface area contributed by atoms with Crippen molar-refractivity contribution in [1.82, 2.24) is 0 Å². The van der Waals surface area contributed by atoms with E-state index in [9.17, 15) is 14.7 Å². The van der Waals surface area contributed by atoms with Crippen molar-refractivity contribution >= 4 is 23.3 Å². The van der Waals surface area contributed by atoms with Crippen LogP contribution in [0.4, 0.5) is 10.5 Å². The van der Waals surface area contributed by atoms with E-state index in [2.05, 4.69) is 10.3 Å². The van der Waals surface area contributed by atoms with Crippen LogP contribution in [-0.2, 0) is 0 Å². The Morgan fingerprint density at radius 3 is 2.23 bits per heavy atom. The topological polar surface area (TPSA) is 105 Å². The van der Waals surface area contributed by atoms with Crippen LogP contribution >= 0.6 is 0 Å². The molecule has 0 radical (unpaired) electrons. The number of urea groups is 1. The normalized spacial score (nSPS) is 12.9. The molecule has 0 bridgehead atoms. The number of hydrogen-bond donors (Lipinski definition) is 3. The van der Waals surface area contributed by atoms with Gasteiger partial charge in [0.2, 0.25) is 0 Å². The van der Waals surface area contributed by atoms with Crippen LogP contribution < -0.4 is 11.1 Å². The molecule has 0 aliphatic rings. The molecule has 1 rings (SSSR count). The zero-order valence-corrected chi connectivity index (χ0v) is 13.2. The molecule has 0 heterocycles. The molecule has 1 aromatic carbocycles. The minimum atomic E-state index is -0.661. The standard InChI is InChI=1S/C16H21N3O3/c1-10(20)11-5-7-12(8-6-11)18-15(22)19-14(17)9-13(21)16(2,3)4/h5-9,21H,1-4H3,(H3,17,18,19,22)/b13-9-. The molecule has 0 saturated heterocycles. The van der Waals surface area contributed by atoms with Gasteiger partial charge in [-0.2, -0.15) is 4.99 Å². The number of anilines is 1. The predicted molar refractivity (Wildman–Crippen MR) is 87.3 cm³/mol. The number of aliphatic hydroxyl groups excluding tert-OH is 1. The summed E-state index contributed by atoms with van der Waals surface area (Å²) >= 11 is 0. The number of nitrogens with zero attached hydrogens (tertiary/aromatic N) is 1. The molecule has 6 heteroatoms.